The quantitative estimate of drug-likeness (QED) is 0.294. The second-order valence-corrected chi connectivity index (χ2v) is 8.08. The average molecular weight is 474 g/mol. The van der Waals surface area contributed by atoms with E-state index < -0.39 is 17.7 Å². The molecule has 0 spiro atoms. The van der Waals surface area contributed by atoms with E-state index >= 15 is 0 Å². The second-order valence-electron chi connectivity index (χ2n) is 8.08. The van der Waals surface area contributed by atoms with Gasteiger partial charge in [-0.05, 0) is 61.9 Å². The molecule has 1 unspecified atom stereocenters. The lowest BCUT2D eigenvalue weighted by molar-refractivity contribution is -0.132. The Balaban J connectivity index is 1.94. The predicted octanol–water partition coefficient (Wildman–Crippen LogP) is 5.04. The molecule has 1 heterocycles. The molecule has 1 atom stereocenters. The fourth-order valence-electron chi connectivity index (χ4n) is 4.27. The highest BCUT2D eigenvalue weighted by molar-refractivity contribution is 6.51. The van der Waals surface area contributed by atoms with Crippen molar-refractivity contribution in [2.75, 3.05) is 25.7 Å². The molecule has 1 fully saturated rings. The number of carbonyl (C=O) groups is 2. The first-order valence-corrected chi connectivity index (χ1v) is 11.2. The molecule has 0 aliphatic carbocycles. The standard InChI is InChI=1S/C28H27NO6/c1-5-35-20-11-9-19(10-12-20)29-25(18-8-6-7-17(2)15-18)24(27(31)28(29)32)26(30)22-16-21(33-3)13-14-23(22)34-4/h6-16,25,30H,5H2,1-4H3/b26-24+. The van der Waals surface area contributed by atoms with E-state index in [1.54, 1.807) is 42.5 Å². The maximum atomic E-state index is 13.4. The van der Waals surface area contributed by atoms with Crippen LogP contribution < -0.4 is 19.1 Å². The third-order valence-corrected chi connectivity index (χ3v) is 5.89. The van der Waals surface area contributed by atoms with Gasteiger partial charge in [-0.15, -0.1) is 0 Å². The topological polar surface area (TPSA) is 85.3 Å². The van der Waals surface area contributed by atoms with Crippen LogP contribution in [0.3, 0.4) is 0 Å². The average Bonchev–Trinajstić information content (AvgIpc) is 3.14. The number of rotatable bonds is 7. The van der Waals surface area contributed by atoms with Crippen molar-refractivity contribution in [2.24, 2.45) is 0 Å². The molecule has 1 N–H and O–H groups in total. The Kier molecular flexibility index (Phi) is 6.78. The normalized spacial score (nSPS) is 16.9. The van der Waals surface area contributed by atoms with Crippen LogP contribution in [0.5, 0.6) is 17.2 Å². The number of ether oxygens (including phenoxy) is 3. The van der Waals surface area contributed by atoms with Crippen molar-refractivity contribution < 1.29 is 28.9 Å². The molecule has 7 nitrogen and oxygen atoms in total. The third kappa shape index (κ3) is 4.45. The Bertz CT molecular complexity index is 1300. The first-order valence-electron chi connectivity index (χ1n) is 11.2. The summed E-state index contributed by atoms with van der Waals surface area (Å²) in [4.78, 5) is 28.2. The molecular formula is C28H27NO6. The molecule has 4 rings (SSSR count). The van der Waals surface area contributed by atoms with Crippen LogP contribution in [0.4, 0.5) is 5.69 Å². The fourth-order valence-corrected chi connectivity index (χ4v) is 4.27. The van der Waals surface area contributed by atoms with E-state index in [0.29, 0.717) is 35.1 Å². The lowest BCUT2D eigenvalue weighted by Gasteiger charge is -2.26. The van der Waals surface area contributed by atoms with Gasteiger partial charge in [-0.2, -0.15) is 0 Å². The number of hydrogen-bond acceptors (Lipinski definition) is 6. The highest BCUT2D eigenvalue weighted by Crippen LogP contribution is 2.44. The summed E-state index contributed by atoms with van der Waals surface area (Å²) in [6.07, 6.45) is 0. The number of aliphatic hydroxyl groups excluding tert-OH is 1. The molecule has 7 heteroatoms. The Morgan fingerprint density at radius 1 is 0.943 bits per heavy atom. The first kappa shape index (κ1) is 23.9. The van der Waals surface area contributed by atoms with E-state index in [4.69, 9.17) is 14.2 Å². The lowest BCUT2D eigenvalue weighted by Crippen LogP contribution is -2.29. The van der Waals surface area contributed by atoms with Crippen molar-refractivity contribution >= 4 is 23.1 Å². The van der Waals surface area contributed by atoms with Gasteiger partial charge in [-0.3, -0.25) is 14.5 Å². The molecule has 1 aliphatic heterocycles. The minimum Gasteiger partial charge on any atom is -0.507 e. The predicted molar refractivity (Wildman–Crippen MR) is 133 cm³/mol. The van der Waals surface area contributed by atoms with E-state index in [9.17, 15) is 14.7 Å². The van der Waals surface area contributed by atoms with Crippen molar-refractivity contribution in [1.29, 1.82) is 0 Å². The van der Waals surface area contributed by atoms with Crippen molar-refractivity contribution in [3.05, 3.63) is 89.0 Å². The maximum Gasteiger partial charge on any atom is 0.300 e. The Hall–Kier alpha value is -4.26. The van der Waals surface area contributed by atoms with Crippen molar-refractivity contribution in [2.45, 2.75) is 19.9 Å². The van der Waals surface area contributed by atoms with Crippen LogP contribution in [-0.2, 0) is 9.59 Å². The molecule has 3 aromatic carbocycles. The zero-order valence-corrected chi connectivity index (χ0v) is 20.1. The summed E-state index contributed by atoms with van der Waals surface area (Å²) in [6, 6.07) is 18.5. The second kappa shape index (κ2) is 9.93. The van der Waals surface area contributed by atoms with Gasteiger partial charge in [0, 0.05) is 5.69 Å². The summed E-state index contributed by atoms with van der Waals surface area (Å²) in [5.74, 6) is -0.379. The smallest absolute Gasteiger partial charge is 0.300 e. The van der Waals surface area contributed by atoms with E-state index in [-0.39, 0.29) is 16.9 Å². The number of hydrogen-bond donors (Lipinski definition) is 1. The molecule has 0 bridgehead atoms. The maximum absolute atomic E-state index is 13.4. The summed E-state index contributed by atoms with van der Waals surface area (Å²) in [5.41, 5.74) is 2.40. The van der Waals surface area contributed by atoms with Crippen LogP contribution in [0.2, 0.25) is 0 Å². The van der Waals surface area contributed by atoms with Crippen LogP contribution in [-0.4, -0.2) is 37.6 Å². The SMILES string of the molecule is CCOc1ccc(N2C(=O)C(=O)/C(=C(/O)c3cc(OC)ccc3OC)C2c2cccc(C)c2)cc1. The summed E-state index contributed by atoms with van der Waals surface area (Å²) >= 11 is 0. The number of aliphatic hydroxyl groups is 1. The van der Waals surface area contributed by atoms with Crippen molar-refractivity contribution in [1.82, 2.24) is 0 Å². The van der Waals surface area contributed by atoms with Gasteiger partial charge in [0.1, 0.15) is 23.0 Å². The van der Waals surface area contributed by atoms with Crippen LogP contribution in [0, 0.1) is 6.92 Å². The molecule has 180 valence electrons. The first-order chi connectivity index (χ1) is 16.9. The zero-order chi connectivity index (χ0) is 25.1. The highest BCUT2D eigenvalue weighted by atomic mass is 16.5. The summed E-state index contributed by atoms with van der Waals surface area (Å²) in [5, 5.41) is 11.4. The van der Waals surface area contributed by atoms with Gasteiger partial charge in [0.15, 0.2) is 0 Å². The van der Waals surface area contributed by atoms with Gasteiger partial charge in [-0.25, -0.2) is 0 Å². The Morgan fingerprint density at radius 2 is 1.66 bits per heavy atom. The van der Waals surface area contributed by atoms with Gasteiger partial charge < -0.3 is 19.3 Å². The minimum atomic E-state index is -0.844. The summed E-state index contributed by atoms with van der Waals surface area (Å²) < 4.78 is 16.2. The van der Waals surface area contributed by atoms with E-state index in [0.717, 1.165) is 5.56 Å². The number of nitrogens with zero attached hydrogens (tertiary/aromatic N) is 1. The van der Waals surface area contributed by atoms with E-state index in [1.165, 1.54) is 19.1 Å². The Morgan fingerprint density at radius 3 is 2.29 bits per heavy atom. The number of anilines is 1. The molecule has 3 aromatic rings. The van der Waals surface area contributed by atoms with Crippen molar-refractivity contribution in [3.8, 4) is 17.2 Å². The zero-order valence-electron chi connectivity index (χ0n) is 20.1. The fraction of sp³-hybridized carbons (Fsp3) is 0.214. The minimum absolute atomic E-state index is 0.0268. The molecule has 35 heavy (non-hydrogen) atoms. The van der Waals surface area contributed by atoms with Gasteiger partial charge in [0.05, 0.1) is 38.0 Å². The van der Waals surface area contributed by atoms with Crippen LogP contribution in [0.25, 0.3) is 5.76 Å². The summed E-state index contributed by atoms with van der Waals surface area (Å²) in [6.45, 7) is 4.32. The molecule has 1 saturated heterocycles. The van der Waals surface area contributed by atoms with E-state index in [2.05, 4.69) is 0 Å². The largest absolute Gasteiger partial charge is 0.507 e. The van der Waals surface area contributed by atoms with Gasteiger partial charge in [0.25, 0.3) is 11.7 Å². The van der Waals surface area contributed by atoms with Gasteiger partial charge in [-0.1, -0.05) is 29.8 Å². The number of benzene rings is 3. The number of ketones is 1. The number of aryl methyl sites for hydroxylation is 1. The number of amides is 1. The van der Waals surface area contributed by atoms with Crippen LogP contribution in [0.1, 0.15) is 29.7 Å². The number of Topliss-reactive ketones (excluding diaryl/α,β-unsaturated/α-hetero) is 1. The van der Waals surface area contributed by atoms with E-state index in [1.807, 2.05) is 38.1 Å². The number of carbonyl (C=O) groups excluding carboxylic acids is 2. The van der Waals surface area contributed by atoms with Gasteiger partial charge >= 0.3 is 0 Å². The molecule has 1 amide bonds. The van der Waals surface area contributed by atoms with Crippen LogP contribution >= 0.6 is 0 Å². The lowest BCUT2D eigenvalue weighted by atomic mass is 9.94. The van der Waals surface area contributed by atoms with Crippen LogP contribution in [0.15, 0.2) is 72.3 Å². The van der Waals surface area contributed by atoms with Gasteiger partial charge in [0.2, 0.25) is 0 Å². The molecule has 0 aromatic heterocycles. The monoisotopic (exact) mass is 473 g/mol. The molecule has 0 saturated carbocycles. The third-order valence-electron chi connectivity index (χ3n) is 5.89. The van der Waals surface area contributed by atoms with Crippen molar-refractivity contribution in [3.63, 3.8) is 0 Å². The molecule has 0 radical (unpaired) electrons. The molecule has 1 aliphatic rings. The summed E-state index contributed by atoms with van der Waals surface area (Å²) in [7, 11) is 2.97. The molecular weight excluding hydrogens is 446 g/mol. The highest BCUT2D eigenvalue weighted by Gasteiger charge is 2.47. The Labute approximate surface area is 204 Å². The number of methoxy groups -OCH3 is 2.